The molecule has 4 rings (SSSR count). The summed E-state index contributed by atoms with van der Waals surface area (Å²) in [6, 6.07) is 17.5. The second-order valence-electron chi connectivity index (χ2n) is 5.61. The van der Waals surface area contributed by atoms with Gasteiger partial charge in [-0.05, 0) is 35.9 Å². The lowest BCUT2D eigenvalue weighted by atomic mass is 10.1. The molecular weight excluding hydrogens is 328 g/mol. The van der Waals surface area contributed by atoms with Gasteiger partial charge in [-0.2, -0.15) is 10.1 Å². The van der Waals surface area contributed by atoms with Crippen molar-refractivity contribution in [1.29, 1.82) is 0 Å². The van der Waals surface area contributed by atoms with Gasteiger partial charge in [0.05, 0.1) is 12.8 Å². The lowest BCUT2D eigenvalue weighted by Crippen LogP contribution is -1.84. The SMILES string of the molecule is COc1ccc(C=Cc2nc(-c3cccc(-c4ccn[nH]4)c3)no2)cc1. The highest BCUT2D eigenvalue weighted by molar-refractivity contribution is 5.69. The molecule has 1 N–H and O–H groups in total. The number of hydrogen-bond acceptors (Lipinski definition) is 5. The third-order valence-corrected chi connectivity index (χ3v) is 3.91. The van der Waals surface area contributed by atoms with E-state index >= 15 is 0 Å². The highest BCUT2D eigenvalue weighted by Crippen LogP contribution is 2.23. The molecule has 0 unspecified atom stereocenters. The number of methoxy groups -OCH3 is 1. The van der Waals surface area contributed by atoms with Gasteiger partial charge < -0.3 is 9.26 Å². The van der Waals surface area contributed by atoms with Crippen LogP contribution >= 0.6 is 0 Å². The molecule has 0 saturated heterocycles. The van der Waals surface area contributed by atoms with Crippen LogP contribution in [-0.2, 0) is 0 Å². The molecule has 2 heterocycles. The molecule has 0 atom stereocenters. The summed E-state index contributed by atoms with van der Waals surface area (Å²) in [6.45, 7) is 0. The van der Waals surface area contributed by atoms with Gasteiger partial charge in [0.25, 0.3) is 5.89 Å². The zero-order valence-electron chi connectivity index (χ0n) is 14.1. The number of rotatable bonds is 5. The topological polar surface area (TPSA) is 76.8 Å². The lowest BCUT2D eigenvalue weighted by Gasteiger charge is -1.99. The number of nitrogens with zero attached hydrogens (tertiary/aromatic N) is 3. The minimum atomic E-state index is 0.447. The van der Waals surface area contributed by atoms with E-state index in [0.717, 1.165) is 28.1 Å². The normalized spacial score (nSPS) is 11.1. The van der Waals surface area contributed by atoms with Crippen LogP contribution in [0.2, 0.25) is 0 Å². The van der Waals surface area contributed by atoms with Crippen LogP contribution in [-0.4, -0.2) is 27.4 Å². The minimum Gasteiger partial charge on any atom is -0.497 e. The van der Waals surface area contributed by atoms with Crippen molar-refractivity contribution in [3.63, 3.8) is 0 Å². The van der Waals surface area contributed by atoms with Crippen LogP contribution in [0.5, 0.6) is 5.75 Å². The molecule has 26 heavy (non-hydrogen) atoms. The quantitative estimate of drug-likeness (QED) is 0.584. The number of nitrogens with one attached hydrogen (secondary N) is 1. The van der Waals surface area contributed by atoms with Crippen molar-refractivity contribution in [2.75, 3.05) is 7.11 Å². The zero-order valence-corrected chi connectivity index (χ0v) is 14.1. The molecule has 2 aromatic carbocycles. The Balaban J connectivity index is 1.54. The fourth-order valence-corrected chi connectivity index (χ4v) is 2.55. The van der Waals surface area contributed by atoms with E-state index < -0.39 is 0 Å². The second-order valence-corrected chi connectivity index (χ2v) is 5.61. The number of H-pyrrole nitrogens is 1. The summed E-state index contributed by atoms with van der Waals surface area (Å²) in [5.41, 5.74) is 3.85. The van der Waals surface area contributed by atoms with Crippen molar-refractivity contribution in [3.05, 3.63) is 72.2 Å². The van der Waals surface area contributed by atoms with Crippen LogP contribution in [0.15, 0.2) is 65.3 Å². The molecule has 0 bridgehead atoms. The van der Waals surface area contributed by atoms with E-state index in [4.69, 9.17) is 9.26 Å². The zero-order chi connectivity index (χ0) is 17.8. The molecule has 2 aromatic heterocycles. The number of aromatic nitrogens is 4. The fourth-order valence-electron chi connectivity index (χ4n) is 2.55. The van der Waals surface area contributed by atoms with Crippen molar-refractivity contribution < 1.29 is 9.26 Å². The Morgan fingerprint density at radius 2 is 1.85 bits per heavy atom. The average Bonchev–Trinajstić information content (AvgIpc) is 3.39. The Bertz CT molecular complexity index is 1020. The van der Waals surface area contributed by atoms with E-state index in [-0.39, 0.29) is 0 Å². The number of ether oxygens (including phenoxy) is 1. The second kappa shape index (κ2) is 7.06. The van der Waals surface area contributed by atoms with Gasteiger partial charge >= 0.3 is 0 Å². The molecule has 0 aliphatic heterocycles. The van der Waals surface area contributed by atoms with Gasteiger partial charge in [0.1, 0.15) is 5.75 Å². The first kappa shape index (κ1) is 15.8. The minimum absolute atomic E-state index is 0.447. The van der Waals surface area contributed by atoms with Crippen LogP contribution in [0.4, 0.5) is 0 Å². The summed E-state index contributed by atoms with van der Waals surface area (Å²) in [7, 11) is 1.64. The van der Waals surface area contributed by atoms with Crippen molar-refractivity contribution in [2.45, 2.75) is 0 Å². The van der Waals surface area contributed by atoms with E-state index in [2.05, 4.69) is 20.3 Å². The molecule has 128 valence electrons. The maximum absolute atomic E-state index is 5.32. The first-order valence-corrected chi connectivity index (χ1v) is 8.08. The average molecular weight is 344 g/mol. The summed E-state index contributed by atoms with van der Waals surface area (Å²) < 4.78 is 10.5. The Morgan fingerprint density at radius 3 is 2.62 bits per heavy atom. The van der Waals surface area contributed by atoms with E-state index in [1.54, 1.807) is 19.4 Å². The van der Waals surface area contributed by atoms with Gasteiger partial charge in [-0.25, -0.2) is 0 Å². The molecule has 0 spiro atoms. The third-order valence-electron chi connectivity index (χ3n) is 3.91. The monoisotopic (exact) mass is 344 g/mol. The van der Waals surface area contributed by atoms with E-state index in [1.165, 1.54) is 0 Å². The van der Waals surface area contributed by atoms with Crippen molar-refractivity contribution in [2.24, 2.45) is 0 Å². The predicted molar refractivity (Wildman–Crippen MR) is 99.2 cm³/mol. The highest BCUT2D eigenvalue weighted by atomic mass is 16.5. The van der Waals surface area contributed by atoms with Gasteiger partial charge in [-0.3, -0.25) is 5.10 Å². The summed E-state index contributed by atoms with van der Waals surface area (Å²) in [6.07, 6.45) is 5.42. The van der Waals surface area contributed by atoms with E-state index in [0.29, 0.717) is 11.7 Å². The molecule has 0 radical (unpaired) electrons. The summed E-state index contributed by atoms with van der Waals surface area (Å²) in [5.74, 6) is 1.81. The smallest absolute Gasteiger partial charge is 0.250 e. The highest BCUT2D eigenvalue weighted by Gasteiger charge is 2.08. The van der Waals surface area contributed by atoms with Gasteiger partial charge in [0.2, 0.25) is 5.82 Å². The first-order valence-electron chi connectivity index (χ1n) is 8.08. The maximum Gasteiger partial charge on any atom is 0.250 e. The fraction of sp³-hybridized carbons (Fsp3) is 0.0500. The molecule has 0 saturated carbocycles. The molecular formula is C20H16N4O2. The van der Waals surface area contributed by atoms with Crippen LogP contribution in [0, 0.1) is 0 Å². The van der Waals surface area contributed by atoms with Crippen LogP contribution in [0.1, 0.15) is 11.5 Å². The largest absolute Gasteiger partial charge is 0.497 e. The Kier molecular flexibility index (Phi) is 4.30. The summed E-state index contributed by atoms with van der Waals surface area (Å²) >= 11 is 0. The van der Waals surface area contributed by atoms with E-state index in [9.17, 15) is 0 Å². The van der Waals surface area contributed by atoms with Crippen LogP contribution < -0.4 is 4.74 Å². The van der Waals surface area contributed by atoms with Crippen molar-refractivity contribution >= 4 is 12.2 Å². The van der Waals surface area contributed by atoms with Gasteiger partial charge in [-0.1, -0.05) is 35.5 Å². The molecule has 0 fully saturated rings. The number of aromatic amines is 1. The Morgan fingerprint density at radius 1 is 1.00 bits per heavy atom. The van der Waals surface area contributed by atoms with Crippen LogP contribution in [0.25, 0.3) is 34.8 Å². The van der Waals surface area contributed by atoms with Crippen molar-refractivity contribution in [1.82, 2.24) is 20.3 Å². The predicted octanol–water partition coefficient (Wildman–Crippen LogP) is 4.31. The molecule has 4 aromatic rings. The Labute approximate surface area is 150 Å². The first-order chi connectivity index (χ1) is 12.8. The Hall–Kier alpha value is -3.67. The summed E-state index contributed by atoms with van der Waals surface area (Å²) in [4.78, 5) is 4.44. The van der Waals surface area contributed by atoms with Gasteiger partial charge in [0.15, 0.2) is 0 Å². The third kappa shape index (κ3) is 3.39. The van der Waals surface area contributed by atoms with Crippen LogP contribution in [0.3, 0.4) is 0 Å². The van der Waals surface area contributed by atoms with Gasteiger partial charge in [-0.15, -0.1) is 0 Å². The molecule has 0 amide bonds. The number of benzene rings is 2. The lowest BCUT2D eigenvalue weighted by molar-refractivity contribution is 0.411. The van der Waals surface area contributed by atoms with E-state index in [1.807, 2.05) is 60.7 Å². The molecule has 0 aliphatic rings. The van der Waals surface area contributed by atoms with Gasteiger partial charge in [0, 0.05) is 23.4 Å². The molecule has 6 nitrogen and oxygen atoms in total. The summed E-state index contributed by atoms with van der Waals surface area (Å²) in [5, 5.41) is 11.0. The molecule has 6 heteroatoms. The molecule has 0 aliphatic carbocycles. The number of hydrogen-bond donors (Lipinski definition) is 1. The standard InChI is InChI=1S/C20H16N4O2/c1-25-17-8-5-14(6-9-17)7-10-19-22-20(24-26-19)16-4-2-3-15(13-16)18-11-12-21-23-18/h2-13H,1H3,(H,21,23). The maximum atomic E-state index is 5.32. The van der Waals surface area contributed by atoms with Crippen molar-refractivity contribution in [3.8, 4) is 28.4 Å².